The highest BCUT2D eigenvalue weighted by Gasteiger charge is 2.10. The second-order valence-corrected chi connectivity index (χ2v) is 4.72. The Hall–Kier alpha value is -1.39. The highest BCUT2D eigenvalue weighted by molar-refractivity contribution is 5.92. The molecule has 1 aromatic rings. The average molecular weight is 264 g/mol. The normalized spacial score (nSPS) is 10.7. The van der Waals surface area contributed by atoms with Crippen molar-refractivity contribution in [2.45, 2.75) is 26.7 Å². The van der Waals surface area contributed by atoms with E-state index in [2.05, 4.69) is 12.2 Å². The van der Waals surface area contributed by atoms with Crippen LogP contribution in [0.1, 0.15) is 25.3 Å². The number of hydrogen-bond donors (Lipinski definition) is 2. The summed E-state index contributed by atoms with van der Waals surface area (Å²) in [5.41, 5.74) is 1.91. The lowest BCUT2D eigenvalue weighted by atomic mass is 10.2. The summed E-state index contributed by atoms with van der Waals surface area (Å²) in [4.78, 5) is 14.0. The maximum absolute atomic E-state index is 12.0. The molecule has 0 fully saturated rings. The minimum Gasteiger partial charge on any atom is -0.395 e. The summed E-state index contributed by atoms with van der Waals surface area (Å²) in [6, 6.07) is 7.73. The lowest BCUT2D eigenvalue weighted by Gasteiger charge is -2.20. The van der Waals surface area contributed by atoms with Crippen molar-refractivity contribution in [2.24, 2.45) is 0 Å². The number of amides is 1. The Bertz CT molecular complexity index is 393. The molecule has 0 bridgehead atoms. The molecule has 0 saturated heterocycles. The molecule has 0 spiro atoms. The molecule has 2 N–H and O–H groups in total. The monoisotopic (exact) mass is 264 g/mol. The second-order valence-electron chi connectivity index (χ2n) is 4.72. The molecule has 1 rings (SSSR count). The molecule has 0 aliphatic heterocycles. The van der Waals surface area contributed by atoms with E-state index < -0.39 is 0 Å². The Labute approximate surface area is 115 Å². The van der Waals surface area contributed by atoms with Gasteiger partial charge in [-0.05, 0) is 31.5 Å². The largest absolute Gasteiger partial charge is 0.395 e. The fourth-order valence-electron chi connectivity index (χ4n) is 1.90. The van der Waals surface area contributed by atoms with Gasteiger partial charge in [-0.25, -0.2) is 0 Å². The summed E-state index contributed by atoms with van der Waals surface area (Å²) in [5, 5.41) is 11.9. The fourth-order valence-corrected chi connectivity index (χ4v) is 1.90. The first-order valence-electron chi connectivity index (χ1n) is 6.86. The molecule has 106 valence electrons. The molecule has 19 heavy (non-hydrogen) atoms. The number of anilines is 1. The van der Waals surface area contributed by atoms with Crippen LogP contribution in [-0.4, -0.2) is 42.2 Å². The Morgan fingerprint density at radius 2 is 2.05 bits per heavy atom. The molecule has 0 saturated carbocycles. The standard InChI is InChI=1S/C15H24N2O2/c1-3-4-9-17(10-11-18)12-15(19)16-14-8-6-5-7-13(14)2/h5-8,18H,3-4,9-12H2,1-2H3,(H,16,19). The number of carbonyl (C=O) groups excluding carboxylic acids is 1. The minimum atomic E-state index is -0.0288. The topological polar surface area (TPSA) is 52.6 Å². The fraction of sp³-hybridized carbons (Fsp3) is 0.533. The number of hydrogen-bond acceptors (Lipinski definition) is 3. The van der Waals surface area contributed by atoms with Crippen LogP contribution in [0.3, 0.4) is 0 Å². The molecule has 1 amide bonds. The third-order valence-corrected chi connectivity index (χ3v) is 3.03. The predicted octanol–water partition coefficient (Wildman–Crippen LogP) is 2.03. The van der Waals surface area contributed by atoms with Crippen molar-refractivity contribution in [2.75, 3.05) is 31.6 Å². The Balaban J connectivity index is 2.50. The van der Waals surface area contributed by atoms with Gasteiger partial charge in [0.1, 0.15) is 0 Å². The van der Waals surface area contributed by atoms with E-state index in [-0.39, 0.29) is 12.5 Å². The summed E-state index contributed by atoms with van der Waals surface area (Å²) in [6.07, 6.45) is 2.12. The number of rotatable bonds is 8. The van der Waals surface area contributed by atoms with Gasteiger partial charge >= 0.3 is 0 Å². The van der Waals surface area contributed by atoms with Crippen LogP contribution in [0.5, 0.6) is 0 Å². The summed E-state index contributed by atoms with van der Waals surface area (Å²) < 4.78 is 0. The van der Waals surface area contributed by atoms with Gasteiger partial charge in [-0.1, -0.05) is 31.5 Å². The van der Waals surface area contributed by atoms with E-state index in [1.54, 1.807) is 0 Å². The second kappa shape index (κ2) is 8.67. The average Bonchev–Trinajstić information content (AvgIpc) is 2.39. The number of aliphatic hydroxyl groups excluding tert-OH is 1. The van der Waals surface area contributed by atoms with Crippen LogP contribution in [0.2, 0.25) is 0 Å². The summed E-state index contributed by atoms with van der Waals surface area (Å²) in [5.74, 6) is -0.0288. The van der Waals surface area contributed by atoms with Crippen molar-refractivity contribution in [1.29, 1.82) is 0 Å². The smallest absolute Gasteiger partial charge is 0.238 e. The summed E-state index contributed by atoms with van der Waals surface area (Å²) in [7, 11) is 0. The third-order valence-electron chi connectivity index (χ3n) is 3.03. The lowest BCUT2D eigenvalue weighted by Crippen LogP contribution is -2.36. The lowest BCUT2D eigenvalue weighted by molar-refractivity contribution is -0.117. The van der Waals surface area contributed by atoms with E-state index >= 15 is 0 Å². The quantitative estimate of drug-likeness (QED) is 0.755. The highest BCUT2D eigenvalue weighted by Crippen LogP contribution is 2.12. The van der Waals surface area contributed by atoms with Gasteiger partial charge in [-0.15, -0.1) is 0 Å². The molecule has 1 aromatic carbocycles. The van der Waals surface area contributed by atoms with E-state index in [1.165, 1.54) is 0 Å². The number of benzene rings is 1. The molecule has 0 aliphatic rings. The van der Waals surface area contributed by atoms with Crippen molar-refractivity contribution < 1.29 is 9.90 Å². The number of carbonyl (C=O) groups is 1. The van der Waals surface area contributed by atoms with E-state index in [1.807, 2.05) is 36.1 Å². The molecule has 0 aliphatic carbocycles. The van der Waals surface area contributed by atoms with Gasteiger partial charge in [0, 0.05) is 12.2 Å². The van der Waals surface area contributed by atoms with Crippen molar-refractivity contribution in [3.8, 4) is 0 Å². The van der Waals surface area contributed by atoms with Crippen LogP contribution in [0.4, 0.5) is 5.69 Å². The molecule has 0 radical (unpaired) electrons. The first kappa shape index (κ1) is 15.7. The maximum Gasteiger partial charge on any atom is 0.238 e. The number of nitrogens with one attached hydrogen (secondary N) is 1. The van der Waals surface area contributed by atoms with E-state index in [0.29, 0.717) is 13.1 Å². The number of aryl methyl sites for hydroxylation is 1. The summed E-state index contributed by atoms with van der Waals surface area (Å²) >= 11 is 0. The number of para-hydroxylation sites is 1. The molecular formula is C15H24N2O2. The minimum absolute atomic E-state index is 0.0288. The van der Waals surface area contributed by atoms with Crippen LogP contribution in [0.25, 0.3) is 0 Å². The van der Waals surface area contributed by atoms with Crippen molar-refractivity contribution in [3.63, 3.8) is 0 Å². The van der Waals surface area contributed by atoms with E-state index in [4.69, 9.17) is 5.11 Å². The molecule has 4 heteroatoms. The first-order valence-corrected chi connectivity index (χ1v) is 6.86. The third kappa shape index (κ3) is 5.85. The predicted molar refractivity (Wildman–Crippen MR) is 78.2 cm³/mol. The van der Waals surface area contributed by atoms with Gasteiger partial charge < -0.3 is 10.4 Å². The van der Waals surface area contributed by atoms with Crippen LogP contribution >= 0.6 is 0 Å². The van der Waals surface area contributed by atoms with Crippen molar-refractivity contribution >= 4 is 11.6 Å². The zero-order chi connectivity index (χ0) is 14.1. The SMILES string of the molecule is CCCCN(CCO)CC(=O)Nc1ccccc1C. The van der Waals surface area contributed by atoms with Crippen LogP contribution in [0, 0.1) is 6.92 Å². The van der Waals surface area contributed by atoms with Crippen molar-refractivity contribution in [3.05, 3.63) is 29.8 Å². The van der Waals surface area contributed by atoms with Crippen LogP contribution in [-0.2, 0) is 4.79 Å². The Morgan fingerprint density at radius 1 is 1.32 bits per heavy atom. The molecule has 0 atom stereocenters. The van der Waals surface area contributed by atoms with Crippen LogP contribution in [0.15, 0.2) is 24.3 Å². The van der Waals surface area contributed by atoms with Crippen LogP contribution < -0.4 is 5.32 Å². The molecule has 0 heterocycles. The van der Waals surface area contributed by atoms with Gasteiger partial charge in [-0.2, -0.15) is 0 Å². The highest BCUT2D eigenvalue weighted by atomic mass is 16.3. The van der Waals surface area contributed by atoms with Gasteiger partial charge in [0.15, 0.2) is 0 Å². The summed E-state index contributed by atoms with van der Waals surface area (Å²) in [6.45, 7) is 5.89. The van der Waals surface area contributed by atoms with Gasteiger partial charge in [0.25, 0.3) is 0 Å². The zero-order valence-electron chi connectivity index (χ0n) is 11.9. The first-order chi connectivity index (χ1) is 9.17. The van der Waals surface area contributed by atoms with Gasteiger partial charge in [-0.3, -0.25) is 9.69 Å². The van der Waals surface area contributed by atoms with Crippen molar-refractivity contribution in [1.82, 2.24) is 4.90 Å². The number of nitrogens with zero attached hydrogens (tertiary/aromatic N) is 1. The van der Waals surface area contributed by atoms with E-state index in [0.717, 1.165) is 30.6 Å². The Kier molecular flexibility index (Phi) is 7.15. The molecular weight excluding hydrogens is 240 g/mol. The Morgan fingerprint density at radius 3 is 2.68 bits per heavy atom. The number of aliphatic hydroxyl groups is 1. The number of unbranched alkanes of at least 4 members (excludes halogenated alkanes) is 1. The van der Waals surface area contributed by atoms with Gasteiger partial charge in [0.2, 0.25) is 5.91 Å². The van der Waals surface area contributed by atoms with E-state index in [9.17, 15) is 4.79 Å². The maximum atomic E-state index is 12.0. The molecule has 4 nitrogen and oxygen atoms in total. The van der Waals surface area contributed by atoms with Gasteiger partial charge in [0.05, 0.1) is 13.2 Å². The molecule has 0 aromatic heterocycles. The molecule has 0 unspecified atom stereocenters. The zero-order valence-corrected chi connectivity index (χ0v) is 11.9.